The highest BCUT2D eigenvalue weighted by Crippen LogP contribution is 2.54. The van der Waals surface area contributed by atoms with Gasteiger partial charge in [-0.1, -0.05) is 0 Å². The van der Waals surface area contributed by atoms with Crippen molar-refractivity contribution in [2.45, 2.75) is 0 Å². The molecular weight excluding hydrogens is 324 g/mol. The lowest BCUT2D eigenvalue weighted by Gasteiger charge is -2.06. The third-order valence-electron chi connectivity index (χ3n) is 1.60. The molecule has 1 aliphatic rings. The number of ether oxygens (including phenoxy) is 1. The summed E-state index contributed by atoms with van der Waals surface area (Å²) in [5.74, 6) is 0.685. The molecule has 5 nitrogen and oxygen atoms in total. The first-order chi connectivity index (χ1) is 7.99. The van der Waals surface area contributed by atoms with E-state index in [2.05, 4.69) is 4.18 Å². The number of hydrogen-bond acceptors (Lipinski definition) is 8. The van der Waals surface area contributed by atoms with E-state index >= 15 is 0 Å². The molecule has 100 valence electrons. The number of hydrogen-bond donors (Lipinski definition) is 0. The fraction of sp³-hybridized carbons (Fsp3) is 0.571. The molecule has 0 spiro atoms. The van der Waals surface area contributed by atoms with Gasteiger partial charge in [-0.3, -0.25) is 4.18 Å². The summed E-state index contributed by atoms with van der Waals surface area (Å²) in [6, 6.07) is 0. The van der Waals surface area contributed by atoms with Gasteiger partial charge in [0.1, 0.15) is 4.20 Å². The summed E-state index contributed by atoms with van der Waals surface area (Å²) in [7, 11) is -0.927. The molecular formula is C7H12O5S5. The zero-order valence-electron chi connectivity index (χ0n) is 9.58. The van der Waals surface area contributed by atoms with E-state index < -0.39 is 20.2 Å². The lowest BCUT2D eigenvalue weighted by Crippen LogP contribution is -2.04. The predicted octanol–water partition coefficient (Wildman–Crippen LogP) is 2.41. The molecule has 1 aliphatic heterocycles. The van der Waals surface area contributed by atoms with E-state index in [1.807, 2.05) is 12.5 Å². The van der Waals surface area contributed by atoms with E-state index in [-0.39, 0.29) is 0 Å². The van der Waals surface area contributed by atoms with Gasteiger partial charge in [-0.15, -0.1) is 23.5 Å². The molecule has 1 rings (SSSR count). The first kappa shape index (κ1) is 15.7. The Balaban J connectivity index is 3.03. The summed E-state index contributed by atoms with van der Waals surface area (Å²) in [6.07, 6.45) is 3.75. The molecule has 1 heterocycles. The molecule has 0 saturated heterocycles. The second kappa shape index (κ2) is 6.73. The summed E-state index contributed by atoms with van der Waals surface area (Å²) < 4.78 is 38.7. The third-order valence-corrected chi connectivity index (χ3v) is 9.55. The van der Waals surface area contributed by atoms with Gasteiger partial charge < -0.3 is 4.74 Å². The summed E-state index contributed by atoms with van der Waals surface area (Å²) in [5.41, 5.74) is 0. The highest BCUT2D eigenvalue weighted by atomic mass is 33.1. The number of thioether (sulfide) groups is 2. The van der Waals surface area contributed by atoms with Gasteiger partial charge in [0.15, 0.2) is 5.76 Å². The van der Waals surface area contributed by atoms with Crippen LogP contribution in [0.5, 0.6) is 0 Å². The Labute approximate surface area is 116 Å². The van der Waals surface area contributed by atoms with Crippen LogP contribution in [0.15, 0.2) is 10.00 Å². The van der Waals surface area contributed by atoms with Crippen LogP contribution in [-0.4, -0.2) is 39.3 Å². The van der Waals surface area contributed by atoms with E-state index in [1.165, 1.54) is 34.3 Å². The van der Waals surface area contributed by atoms with Crippen molar-refractivity contribution in [2.75, 3.05) is 26.7 Å². The Morgan fingerprint density at radius 3 is 2.29 bits per heavy atom. The van der Waals surface area contributed by atoms with Crippen molar-refractivity contribution in [2.24, 2.45) is 0 Å². The Hall–Kier alpha value is 0.680. The second-order valence-electron chi connectivity index (χ2n) is 2.48. The van der Waals surface area contributed by atoms with E-state index in [1.54, 1.807) is 7.11 Å². The molecule has 0 aromatic rings. The van der Waals surface area contributed by atoms with Crippen molar-refractivity contribution in [1.82, 2.24) is 0 Å². The molecule has 10 heteroatoms. The summed E-state index contributed by atoms with van der Waals surface area (Å²) in [6.45, 7) is 0. The van der Waals surface area contributed by atoms with Gasteiger partial charge in [-0.05, 0) is 23.3 Å². The van der Waals surface area contributed by atoms with Crippen molar-refractivity contribution < 1.29 is 21.0 Å². The first-order valence-corrected chi connectivity index (χ1v) is 10.4. The van der Waals surface area contributed by atoms with Crippen molar-refractivity contribution in [3.8, 4) is 0 Å². The minimum absolute atomic E-state index is 0.685. The molecule has 1 unspecified atom stereocenters. The van der Waals surface area contributed by atoms with Gasteiger partial charge in [0, 0.05) is 9.80 Å². The maximum atomic E-state index is 11.3. The van der Waals surface area contributed by atoms with Crippen molar-refractivity contribution in [3.05, 3.63) is 10.00 Å². The third kappa shape index (κ3) is 3.82. The zero-order valence-corrected chi connectivity index (χ0v) is 13.7. The van der Waals surface area contributed by atoms with Crippen LogP contribution in [-0.2, 0) is 22.9 Å². The average Bonchev–Trinajstić information content (AvgIpc) is 2.65. The molecule has 0 saturated carbocycles. The standard InChI is InChI=1S/C7H12O5S5/c1-10-5-6(13-3)15-16(7(5)14-4)12-17(8,9)11-2/h1-4H3. The lowest BCUT2D eigenvalue weighted by molar-refractivity contribution is 0.318. The quantitative estimate of drug-likeness (QED) is 0.560. The van der Waals surface area contributed by atoms with E-state index in [0.717, 1.165) is 15.5 Å². The van der Waals surface area contributed by atoms with Crippen molar-refractivity contribution >= 4 is 58.7 Å². The van der Waals surface area contributed by atoms with Crippen LogP contribution in [0.25, 0.3) is 0 Å². The minimum Gasteiger partial charge on any atom is -0.493 e. The number of methoxy groups -OCH3 is 1. The monoisotopic (exact) mass is 336 g/mol. The second-order valence-corrected chi connectivity index (χ2v) is 9.18. The minimum atomic E-state index is -3.94. The molecule has 1 atom stereocenters. The normalized spacial score (nSPS) is 21.2. The highest BCUT2D eigenvalue weighted by molar-refractivity contribution is 8.88. The van der Waals surface area contributed by atoms with E-state index in [9.17, 15) is 8.42 Å². The van der Waals surface area contributed by atoms with Crippen LogP contribution in [0.4, 0.5) is 0 Å². The maximum Gasteiger partial charge on any atom is 0.410 e. The predicted molar refractivity (Wildman–Crippen MR) is 78.3 cm³/mol. The molecule has 17 heavy (non-hydrogen) atoms. The topological polar surface area (TPSA) is 61.8 Å². The largest absolute Gasteiger partial charge is 0.493 e. The van der Waals surface area contributed by atoms with Crippen LogP contribution in [0.2, 0.25) is 0 Å². The smallest absolute Gasteiger partial charge is 0.410 e. The molecule has 0 aromatic carbocycles. The fourth-order valence-electron chi connectivity index (χ4n) is 0.906. The Kier molecular flexibility index (Phi) is 6.23. The lowest BCUT2D eigenvalue weighted by atomic mass is 10.6. The maximum absolute atomic E-state index is 11.3. The molecule has 0 aliphatic carbocycles. The Morgan fingerprint density at radius 1 is 1.24 bits per heavy atom. The Morgan fingerprint density at radius 2 is 1.88 bits per heavy atom. The van der Waals surface area contributed by atoms with Gasteiger partial charge in [-0.2, -0.15) is 12.0 Å². The molecule has 0 N–H and O–H groups in total. The van der Waals surface area contributed by atoms with Crippen molar-refractivity contribution in [3.63, 3.8) is 0 Å². The van der Waals surface area contributed by atoms with E-state index in [0.29, 0.717) is 5.76 Å². The molecule has 0 amide bonds. The highest BCUT2D eigenvalue weighted by Gasteiger charge is 2.29. The van der Waals surface area contributed by atoms with Crippen LogP contribution in [0.1, 0.15) is 0 Å². The molecule has 0 fully saturated rings. The average molecular weight is 337 g/mol. The first-order valence-electron chi connectivity index (χ1n) is 4.15. The van der Waals surface area contributed by atoms with Gasteiger partial charge in [-0.25, -0.2) is 0 Å². The summed E-state index contributed by atoms with van der Waals surface area (Å²) in [4.78, 5) is 0. The summed E-state index contributed by atoms with van der Waals surface area (Å²) >= 11 is 2.91. The van der Waals surface area contributed by atoms with Crippen LogP contribution in [0.3, 0.4) is 0 Å². The molecule has 0 aromatic heterocycles. The van der Waals surface area contributed by atoms with Crippen LogP contribution >= 0.6 is 44.1 Å². The Bertz CT molecular complexity index is 451. The van der Waals surface area contributed by atoms with Crippen molar-refractivity contribution in [1.29, 1.82) is 0 Å². The van der Waals surface area contributed by atoms with Gasteiger partial charge in [0.2, 0.25) is 0 Å². The van der Waals surface area contributed by atoms with Gasteiger partial charge in [0.05, 0.1) is 18.5 Å². The molecule has 0 bridgehead atoms. The molecule has 0 radical (unpaired) electrons. The van der Waals surface area contributed by atoms with Crippen LogP contribution < -0.4 is 0 Å². The van der Waals surface area contributed by atoms with Gasteiger partial charge >= 0.3 is 10.4 Å². The zero-order chi connectivity index (χ0) is 13.1. The van der Waals surface area contributed by atoms with E-state index in [4.69, 9.17) is 8.37 Å². The fourth-order valence-corrected chi connectivity index (χ4v) is 9.01. The van der Waals surface area contributed by atoms with Gasteiger partial charge in [0.25, 0.3) is 0 Å². The number of rotatable bonds is 5. The van der Waals surface area contributed by atoms with Crippen LogP contribution in [0, 0.1) is 0 Å². The summed E-state index contributed by atoms with van der Waals surface area (Å²) in [5, 5.41) is 0. The SMILES string of the molecule is COC1=C(SC)SS(OS(=O)(=O)OC)=C1SC.